The summed E-state index contributed by atoms with van der Waals surface area (Å²) in [4.78, 5) is 12.2. The smallest absolute Gasteiger partial charge is 0.252 e. The van der Waals surface area contributed by atoms with Crippen LogP contribution < -0.4 is 5.32 Å². The van der Waals surface area contributed by atoms with E-state index in [9.17, 15) is 4.79 Å². The molecule has 0 bridgehead atoms. The Hall–Kier alpha value is -0.880. The fraction of sp³-hybridized carbons (Fsp3) is 0.312. The highest BCUT2D eigenvalue weighted by Crippen LogP contribution is 2.19. The number of hydrogen-bond acceptors (Lipinski definition) is 2. The normalized spacial score (nSPS) is 11.3. The van der Waals surface area contributed by atoms with Crippen molar-refractivity contribution in [1.82, 2.24) is 5.32 Å². The minimum atomic E-state index is -0.208. The van der Waals surface area contributed by atoms with E-state index < -0.39 is 0 Å². The van der Waals surface area contributed by atoms with Gasteiger partial charge in [-0.25, -0.2) is 0 Å². The lowest BCUT2D eigenvalue weighted by atomic mass is 9.95. The average molecular weight is 399 g/mol. The lowest BCUT2D eigenvalue weighted by Crippen LogP contribution is -2.43. The molecule has 1 aromatic heterocycles. The number of amides is 1. The molecule has 2 nitrogen and oxygen atoms in total. The van der Waals surface area contributed by atoms with Gasteiger partial charge in [-0.1, -0.05) is 30.3 Å². The summed E-state index contributed by atoms with van der Waals surface area (Å²) in [5, 5.41) is 5.03. The van der Waals surface area contributed by atoms with E-state index in [2.05, 4.69) is 53.9 Å². The van der Waals surface area contributed by atoms with Gasteiger partial charge in [0.05, 0.1) is 8.45 Å². The Kier molecular flexibility index (Phi) is 5.21. The van der Waals surface area contributed by atoms with Gasteiger partial charge in [0.25, 0.3) is 5.91 Å². The molecule has 1 amide bonds. The summed E-state index contributed by atoms with van der Waals surface area (Å²) in [6.07, 6.45) is 1.89. The summed E-state index contributed by atoms with van der Waals surface area (Å²) in [7, 11) is 0. The molecule has 0 fully saturated rings. The summed E-state index contributed by atoms with van der Waals surface area (Å²) in [6.45, 7) is 4.15. The molecule has 1 N–H and O–H groups in total. The summed E-state index contributed by atoms with van der Waals surface area (Å²) in [5.41, 5.74) is 1.85. The van der Waals surface area contributed by atoms with Crippen LogP contribution in [0.4, 0.5) is 0 Å². The first-order valence-corrected chi connectivity index (χ1v) is 8.53. The molecule has 0 atom stereocenters. The SMILES string of the molecule is CC(C)(CCc1ccccc1)NC(=O)c1csc(I)c1. The fourth-order valence-electron chi connectivity index (χ4n) is 1.97. The lowest BCUT2D eigenvalue weighted by molar-refractivity contribution is 0.0910. The Morgan fingerprint density at radius 3 is 2.60 bits per heavy atom. The van der Waals surface area contributed by atoms with Gasteiger partial charge >= 0.3 is 0 Å². The van der Waals surface area contributed by atoms with E-state index in [1.54, 1.807) is 11.3 Å². The number of rotatable bonds is 5. The van der Waals surface area contributed by atoms with E-state index in [1.807, 2.05) is 29.6 Å². The van der Waals surface area contributed by atoms with Crippen molar-refractivity contribution in [2.24, 2.45) is 0 Å². The van der Waals surface area contributed by atoms with Crippen LogP contribution >= 0.6 is 33.9 Å². The number of halogens is 1. The number of aryl methyl sites for hydroxylation is 1. The molecule has 0 radical (unpaired) electrons. The van der Waals surface area contributed by atoms with E-state index in [0.29, 0.717) is 0 Å². The standard InChI is InChI=1S/C16H18INOS/c1-16(2,9-8-12-6-4-3-5-7-12)18-15(19)13-10-14(17)20-11-13/h3-7,10-11H,8-9H2,1-2H3,(H,18,19). The summed E-state index contributed by atoms with van der Waals surface area (Å²) < 4.78 is 1.13. The van der Waals surface area contributed by atoms with Crippen molar-refractivity contribution in [2.45, 2.75) is 32.2 Å². The zero-order chi connectivity index (χ0) is 14.6. The van der Waals surface area contributed by atoms with Gasteiger partial charge in [-0.05, 0) is 60.9 Å². The van der Waals surface area contributed by atoms with Crippen LogP contribution in [-0.4, -0.2) is 11.4 Å². The van der Waals surface area contributed by atoms with Crippen molar-refractivity contribution >= 4 is 39.8 Å². The van der Waals surface area contributed by atoms with Gasteiger partial charge in [-0.2, -0.15) is 0 Å². The van der Waals surface area contributed by atoms with Gasteiger partial charge in [-0.3, -0.25) is 4.79 Å². The quantitative estimate of drug-likeness (QED) is 0.738. The Morgan fingerprint density at radius 1 is 1.30 bits per heavy atom. The van der Waals surface area contributed by atoms with Crippen molar-refractivity contribution in [1.29, 1.82) is 0 Å². The molecule has 106 valence electrons. The number of carbonyl (C=O) groups excluding carboxylic acids is 1. The molecule has 0 unspecified atom stereocenters. The second kappa shape index (κ2) is 6.72. The second-order valence-electron chi connectivity index (χ2n) is 5.46. The van der Waals surface area contributed by atoms with Crippen LogP contribution in [0.1, 0.15) is 36.2 Å². The zero-order valence-electron chi connectivity index (χ0n) is 11.7. The van der Waals surface area contributed by atoms with E-state index in [0.717, 1.165) is 21.3 Å². The largest absolute Gasteiger partial charge is 0.347 e. The highest BCUT2D eigenvalue weighted by Gasteiger charge is 2.21. The summed E-state index contributed by atoms with van der Waals surface area (Å²) in [5.74, 6) is 0.0160. The number of hydrogen-bond donors (Lipinski definition) is 1. The minimum Gasteiger partial charge on any atom is -0.347 e. The summed E-state index contributed by atoms with van der Waals surface area (Å²) in [6, 6.07) is 12.3. The highest BCUT2D eigenvalue weighted by molar-refractivity contribution is 14.1. The van der Waals surface area contributed by atoms with Crippen LogP contribution in [-0.2, 0) is 6.42 Å². The molecular formula is C16H18INOS. The predicted octanol–water partition coefficient (Wildman–Crippen LogP) is 4.49. The first-order valence-electron chi connectivity index (χ1n) is 6.57. The van der Waals surface area contributed by atoms with E-state index >= 15 is 0 Å². The van der Waals surface area contributed by atoms with Crippen molar-refractivity contribution in [3.05, 3.63) is 55.8 Å². The second-order valence-corrected chi connectivity index (χ2v) is 8.27. The van der Waals surface area contributed by atoms with Gasteiger partial charge in [0, 0.05) is 10.9 Å². The van der Waals surface area contributed by atoms with Crippen molar-refractivity contribution in [2.75, 3.05) is 0 Å². The predicted molar refractivity (Wildman–Crippen MR) is 93.3 cm³/mol. The Balaban J connectivity index is 1.92. The Morgan fingerprint density at radius 2 is 2.00 bits per heavy atom. The van der Waals surface area contributed by atoms with Gasteiger partial charge < -0.3 is 5.32 Å². The molecule has 0 spiro atoms. The van der Waals surface area contributed by atoms with E-state index in [-0.39, 0.29) is 11.4 Å². The molecule has 1 heterocycles. The topological polar surface area (TPSA) is 29.1 Å². The minimum absolute atomic E-state index is 0.0160. The molecule has 0 aliphatic rings. The van der Waals surface area contributed by atoms with Gasteiger partial charge in [0.2, 0.25) is 0 Å². The third-order valence-corrected chi connectivity index (χ3v) is 4.95. The van der Waals surface area contributed by atoms with Crippen molar-refractivity contribution in [3.8, 4) is 0 Å². The van der Waals surface area contributed by atoms with Crippen LogP contribution in [0.5, 0.6) is 0 Å². The van der Waals surface area contributed by atoms with Crippen LogP contribution in [0.3, 0.4) is 0 Å². The molecule has 1 aromatic carbocycles. The summed E-state index contributed by atoms with van der Waals surface area (Å²) >= 11 is 3.83. The Labute approximate surface area is 137 Å². The molecular weight excluding hydrogens is 381 g/mol. The molecule has 0 saturated carbocycles. The molecule has 2 aromatic rings. The first-order chi connectivity index (χ1) is 9.46. The highest BCUT2D eigenvalue weighted by atomic mass is 127. The van der Waals surface area contributed by atoms with Gasteiger partial charge in [-0.15, -0.1) is 11.3 Å². The lowest BCUT2D eigenvalue weighted by Gasteiger charge is -2.26. The Bertz CT molecular complexity index is 577. The van der Waals surface area contributed by atoms with Crippen LogP contribution in [0.2, 0.25) is 0 Å². The number of benzene rings is 1. The van der Waals surface area contributed by atoms with Gasteiger partial charge in [0.15, 0.2) is 0 Å². The number of nitrogens with one attached hydrogen (secondary N) is 1. The molecule has 0 aliphatic heterocycles. The number of thiophene rings is 1. The first kappa shape index (κ1) is 15.5. The molecule has 2 rings (SSSR count). The van der Waals surface area contributed by atoms with Crippen molar-refractivity contribution < 1.29 is 4.79 Å². The molecule has 0 aliphatic carbocycles. The van der Waals surface area contributed by atoms with Gasteiger partial charge in [0.1, 0.15) is 0 Å². The molecule has 20 heavy (non-hydrogen) atoms. The van der Waals surface area contributed by atoms with Crippen molar-refractivity contribution in [3.63, 3.8) is 0 Å². The monoisotopic (exact) mass is 399 g/mol. The third-order valence-electron chi connectivity index (χ3n) is 3.16. The maximum absolute atomic E-state index is 12.2. The fourth-order valence-corrected chi connectivity index (χ4v) is 3.30. The van der Waals surface area contributed by atoms with Crippen LogP contribution in [0, 0.1) is 2.88 Å². The van der Waals surface area contributed by atoms with Crippen LogP contribution in [0.15, 0.2) is 41.8 Å². The maximum atomic E-state index is 12.2. The van der Waals surface area contributed by atoms with E-state index in [4.69, 9.17) is 0 Å². The van der Waals surface area contributed by atoms with Crippen LogP contribution in [0.25, 0.3) is 0 Å². The third kappa shape index (κ3) is 4.59. The molecule has 0 saturated heterocycles. The molecule has 4 heteroatoms. The number of carbonyl (C=O) groups is 1. The zero-order valence-corrected chi connectivity index (χ0v) is 14.6. The maximum Gasteiger partial charge on any atom is 0.252 e. The average Bonchev–Trinajstić information content (AvgIpc) is 2.84. The van der Waals surface area contributed by atoms with E-state index in [1.165, 1.54) is 5.56 Å².